The van der Waals surface area contributed by atoms with Crippen LogP contribution in [0.5, 0.6) is 5.75 Å². The Balaban J connectivity index is 1.41. The number of amides is 4. The van der Waals surface area contributed by atoms with Gasteiger partial charge in [0.15, 0.2) is 5.60 Å². The number of oxime groups is 1. The van der Waals surface area contributed by atoms with Crippen molar-refractivity contribution in [1.82, 2.24) is 15.5 Å². The first-order valence-corrected chi connectivity index (χ1v) is 18.0. The van der Waals surface area contributed by atoms with Crippen LogP contribution in [0.1, 0.15) is 90.2 Å². The second-order valence-electron chi connectivity index (χ2n) is 15.3. The Hall–Kier alpha value is -3.71. The van der Waals surface area contributed by atoms with E-state index in [0.29, 0.717) is 36.3 Å². The molecule has 3 heterocycles. The molecular formula is C36H50ClN5O8. The molecule has 274 valence electrons. The summed E-state index contributed by atoms with van der Waals surface area (Å²) in [7, 11) is 0. The van der Waals surface area contributed by atoms with Gasteiger partial charge in [-0.1, -0.05) is 50.4 Å². The highest BCUT2D eigenvalue weighted by atomic mass is 35.5. The summed E-state index contributed by atoms with van der Waals surface area (Å²) in [6.45, 7) is 11.0. The molecule has 3 fully saturated rings. The van der Waals surface area contributed by atoms with Gasteiger partial charge in [0, 0.05) is 38.0 Å². The molecule has 3 aliphatic heterocycles. The zero-order valence-electron chi connectivity index (χ0n) is 29.6. The van der Waals surface area contributed by atoms with Crippen LogP contribution in [0.4, 0.5) is 0 Å². The summed E-state index contributed by atoms with van der Waals surface area (Å²) >= 11 is 6.56. The van der Waals surface area contributed by atoms with Crippen LogP contribution < -0.4 is 21.1 Å². The summed E-state index contributed by atoms with van der Waals surface area (Å²) in [5.41, 5.74) is 5.70. The Bertz CT molecular complexity index is 1510. The Morgan fingerprint density at radius 3 is 2.40 bits per heavy atom. The first-order valence-electron chi connectivity index (χ1n) is 17.6. The number of aryl methyl sites for hydroxylation is 1. The van der Waals surface area contributed by atoms with Gasteiger partial charge in [-0.25, -0.2) is 0 Å². The number of hydrogen-bond acceptors (Lipinski definition) is 9. The van der Waals surface area contributed by atoms with Crippen molar-refractivity contribution >= 4 is 46.7 Å². The zero-order chi connectivity index (χ0) is 36.4. The van der Waals surface area contributed by atoms with Crippen LogP contribution in [0.2, 0.25) is 5.02 Å². The molecule has 1 aliphatic carbocycles. The number of carbonyl (C=O) groups is 5. The van der Waals surface area contributed by atoms with Gasteiger partial charge in [0.05, 0.1) is 29.9 Å². The third kappa shape index (κ3) is 8.77. The van der Waals surface area contributed by atoms with E-state index in [1.54, 1.807) is 6.07 Å². The number of ketones is 1. The molecule has 4 aliphatic rings. The second-order valence-corrected chi connectivity index (χ2v) is 15.7. The van der Waals surface area contributed by atoms with E-state index < -0.39 is 52.6 Å². The molecule has 0 aromatic heterocycles. The maximum Gasteiger partial charge on any atom is 0.287 e. The van der Waals surface area contributed by atoms with Gasteiger partial charge in [0.1, 0.15) is 17.8 Å². The summed E-state index contributed by atoms with van der Waals surface area (Å²) in [4.78, 5) is 74.2. The van der Waals surface area contributed by atoms with Gasteiger partial charge in [-0.05, 0) is 68.1 Å². The maximum absolute atomic E-state index is 14.6. The minimum atomic E-state index is -1.13. The zero-order valence-corrected chi connectivity index (χ0v) is 30.4. The molecule has 0 bridgehead atoms. The number of Topliss-reactive ketones (excluding diaryl/α,β-unsaturated/α-hetero) is 1. The quantitative estimate of drug-likeness (QED) is 0.261. The van der Waals surface area contributed by atoms with Crippen molar-refractivity contribution in [2.75, 3.05) is 26.4 Å². The van der Waals surface area contributed by atoms with Crippen LogP contribution in [0.15, 0.2) is 17.3 Å². The topological polar surface area (TPSA) is 179 Å². The Morgan fingerprint density at radius 1 is 1.10 bits per heavy atom. The summed E-state index contributed by atoms with van der Waals surface area (Å²) in [6.07, 6.45) is 4.19. The fourth-order valence-corrected chi connectivity index (χ4v) is 7.44. The maximum atomic E-state index is 14.6. The van der Waals surface area contributed by atoms with Crippen molar-refractivity contribution in [3.8, 4) is 5.75 Å². The number of benzene rings is 1. The second kappa shape index (κ2) is 15.3. The van der Waals surface area contributed by atoms with Crippen LogP contribution >= 0.6 is 11.6 Å². The number of hydrogen-bond donors (Lipinski definition) is 3. The molecular weight excluding hydrogens is 666 g/mol. The highest BCUT2D eigenvalue weighted by Gasteiger charge is 2.56. The lowest BCUT2D eigenvalue weighted by Crippen LogP contribution is -2.59. The van der Waals surface area contributed by atoms with Crippen molar-refractivity contribution in [2.45, 2.75) is 110 Å². The van der Waals surface area contributed by atoms with Crippen LogP contribution in [-0.2, 0) is 33.5 Å². The van der Waals surface area contributed by atoms with E-state index >= 15 is 0 Å². The van der Waals surface area contributed by atoms with Crippen LogP contribution in [0, 0.1) is 24.2 Å². The molecule has 0 radical (unpaired) electrons. The molecule has 14 heteroatoms. The Kier molecular flexibility index (Phi) is 11.5. The molecule has 4 N–H and O–H groups in total. The Labute approximate surface area is 298 Å². The molecule has 1 aromatic rings. The summed E-state index contributed by atoms with van der Waals surface area (Å²) in [5, 5.41) is 10.6. The average molecular weight is 716 g/mol. The number of likely N-dealkylation sites (tertiary alicyclic amines) is 1. The molecule has 5 rings (SSSR count). The summed E-state index contributed by atoms with van der Waals surface area (Å²) in [6, 6.07) is 0.502. The van der Waals surface area contributed by atoms with E-state index in [-0.39, 0.29) is 50.0 Å². The van der Waals surface area contributed by atoms with E-state index in [9.17, 15) is 24.0 Å². The molecule has 2 saturated heterocycles. The van der Waals surface area contributed by atoms with Crippen LogP contribution in [0.25, 0.3) is 0 Å². The number of carbonyl (C=O) groups excluding carboxylic acids is 5. The smallest absolute Gasteiger partial charge is 0.287 e. The largest absolute Gasteiger partial charge is 0.492 e. The minimum absolute atomic E-state index is 0.000134. The minimum Gasteiger partial charge on any atom is -0.492 e. The average Bonchev–Trinajstić information content (AvgIpc) is 3.65. The van der Waals surface area contributed by atoms with E-state index in [4.69, 9.17) is 31.6 Å². The highest BCUT2D eigenvalue weighted by Crippen LogP contribution is 2.41. The molecule has 13 nitrogen and oxygen atoms in total. The lowest BCUT2D eigenvalue weighted by Gasteiger charge is -2.36. The third-order valence-corrected chi connectivity index (χ3v) is 10.3. The molecule has 1 spiro atoms. The van der Waals surface area contributed by atoms with Gasteiger partial charge >= 0.3 is 0 Å². The predicted molar refractivity (Wildman–Crippen MR) is 185 cm³/mol. The van der Waals surface area contributed by atoms with Crippen molar-refractivity contribution in [3.05, 3.63) is 28.3 Å². The molecule has 50 heavy (non-hydrogen) atoms. The molecule has 4 amide bonds. The molecule has 4 atom stereocenters. The number of nitrogens with two attached hydrogens (primary N) is 1. The number of ether oxygens (including phenoxy) is 2. The van der Waals surface area contributed by atoms with E-state index in [1.165, 1.54) is 4.90 Å². The summed E-state index contributed by atoms with van der Waals surface area (Å²) in [5.74, 6) is -2.38. The van der Waals surface area contributed by atoms with Gasteiger partial charge < -0.3 is 35.6 Å². The van der Waals surface area contributed by atoms with Gasteiger partial charge in [-0.3, -0.25) is 24.0 Å². The van der Waals surface area contributed by atoms with Crippen molar-refractivity contribution < 1.29 is 38.3 Å². The monoisotopic (exact) mass is 715 g/mol. The Morgan fingerprint density at radius 2 is 1.80 bits per heavy atom. The van der Waals surface area contributed by atoms with Gasteiger partial charge in [0.25, 0.3) is 5.91 Å². The number of nitrogens with one attached hydrogen (secondary N) is 2. The highest BCUT2D eigenvalue weighted by molar-refractivity contribution is 6.38. The first kappa shape index (κ1) is 37.5. The van der Waals surface area contributed by atoms with Gasteiger partial charge in [-0.2, -0.15) is 0 Å². The molecule has 1 aromatic carbocycles. The fraction of sp³-hybridized carbons (Fsp3) is 0.667. The molecule has 1 saturated carbocycles. The number of rotatable bonds is 13. The number of primary amides is 1. The van der Waals surface area contributed by atoms with Crippen LogP contribution in [0.3, 0.4) is 0 Å². The summed E-state index contributed by atoms with van der Waals surface area (Å²) < 4.78 is 11.1. The predicted octanol–water partition coefficient (Wildman–Crippen LogP) is 3.20. The first-order chi connectivity index (χ1) is 23.6. The van der Waals surface area contributed by atoms with E-state index in [0.717, 1.165) is 36.8 Å². The fourth-order valence-electron chi connectivity index (χ4n) is 7.11. The number of nitrogens with zero attached hydrogens (tertiary/aromatic N) is 2. The number of halogens is 1. The van der Waals surface area contributed by atoms with E-state index in [1.807, 2.05) is 40.7 Å². The SMILES string of the molecule is CCOc1c(C)cc(C2=NO[C@]3(C2)C[C@@H](C(=O)N[C@@H](CC2CC2)C(=O)C(N)=O)N(C(=O)[C@@H](NC(=O)CC2CCOCC2)C(C)(C)C)C3)cc1Cl. The van der Waals surface area contributed by atoms with E-state index in [2.05, 4.69) is 15.8 Å². The standard InChI is InChI=1S/C36H50ClN5O8/c1-6-49-30-20(2)13-23(16-24(30)37)26-17-36(50-41-26)18-27(33(46)39-25(14-21-7-8-21)29(44)32(38)45)42(19-36)34(47)31(35(3,4)5)40-28(43)15-22-9-11-48-12-10-22/h13,16,21-22,25,27,31H,6-12,14-15,17-19H2,1-5H3,(H2,38,45)(H,39,46)(H,40,43)/t25-,27-,31+,36+/m0/s1. The van der Waals surface area contributed by atoms with Crippen molar-refractivity contribution in [2.24, 2.45) is 28.1 Å². The van der Waals surface area contributed by atoms with Gasteiger partial charge in [0.2, 0.25) is 23.5 Å². The lowest BCUT2D eigenvalue weighted by atomic mass is 9.85. The van der Waals surface area contributed by atoms with Crippen LogP contribution in [-0.4, -0.2) is 90.1 Å². The normalized spacial score (nSPS) is 23.5. The lowest BCUT2D eigenvalue weighted by molar-refractivity contribution is -0.145. The van der Waals surface area contributed by atoms with Gasteiger partial charge in [-0.15, -0.1) is 0 Å². The third-order valence-electron chi connectivity index (χ3n) is 10.1. The molecule has 0 unspecified atom stereocenters. The van der Waals surface area contributed by atoms with Crippen molar-refractivity contribution in [1.29, 1.82) is 0 Å². The van der Waals surface area contributed by atoms with Crippen molar-refractivity contribution in [3.63, 3.8) is 0 Å².